The topological polar surface area (TPSA) is 59.4 Å². The summed E-state index contributed by atoms with van der Waals surface area (Å²) in [5.41, 5.74) is 15.4. The van der Waals surface area contributed by atoms with E-state index in [0.717, 1.165) is 34.7 Å². The molecular weight excluding hydrogens is 1830 g/mol. The van der Waals surface area contributed by atoms with Crippen LogP contribution in [0, 0.1) is 0 Å². The van der Waals surface area contributed by atoms with Gasteiger partial charge in [-0.25, -0.2) is 0 Å². The van der Waals surface area contributed by atoms with Crippen LogP contribution in [0.15, 0.2) is 204 Å². The van der Waals surface area contributed by atoms with E-state index in [4.69, 9.17) is 20.6 Å². The summed E-state index contributed by atoms with van der Waals surface area (Å²) >= 11 is 0. The fraction of sp³-hybridized carbons (Fsp3) is 0.554. The fourth-order valence-corrected chi connectivity index (χ4v) is 23.7. The average Bonchev–Trinajstić information content (AvgIpc) is 0.783. The Morgan fingerprint density at radius 1 is 0.276 bits per heavy atom. The molecule has 4 fully saturated rings. The van der Waals surface area contributed by atoms with Crippen molar-refractivity contribution in [3.63, 3.8) is 0 Å². The summed E-state index contributed by atoms with van der Waals surface area (Å²) in [7, 11) is -0.696. The molecule has 6 nitrogen and oxygen atoms in total. The van der Waals surface area contributed by atoms with E-state index in [1.807, 2.05) is 0 Å². The molecule has 0 aromatic heterocycles. The monoisotopic (exact) mass is 1990 g/mol. The van der Waals surface area contributed by atoms with Crippen molar-refractivity contribution < 1.29 is 21.1 Å². The molecule has 11 heteroatoms. The first kappa shape index (κ1) is 109. The number of benzene rings is 8. The van der Waals surface area contributed by atoms with Crippen molar-refractivity contribution in [1.29, 1.82) is 0 Å². The van der Waals surface area contributed by atoms with Gasteiger partial charge in [0, 0.05) is 72.6 Å². The Bertz CT molecular complexity index is 3700. The van der Waals surface area contributed by atoms with E-state index in [9.17, 15) is 0 Å². The van der Waals surface area contributed by atoms with E-state index in [0.29, 0.717) is 71.5 Å². The minimum atomic E-state index is -0.348. The number of hydrogen-bond acceptors (Lipinski definition) is 2. The van der Waals surface area contributed by atoms with Crippen LogP contribution in [-0.2, 0) is 21.1 Å². The Kier molecular flexibility index (Phi) is 52.4. The van der Waals surface area contributed by atoms with Gasteiger partial charge in [-0.15, -0.1) is 0 Å². The standard InChI is InChI=1S/2C37H56N3.C26H24P2.2C6H14.2Ga.Pt/c2*1-25(2)31-21-15-22-32(26(3)4)35(31)38-37(39-36-33(27(5)6)23-16-24-34(36)28(7)8)40(29-17-11-9-12-18-29)30-19-13-10-14-20-30;1-5-13-23(14-6-1)27(24-15-7-2-8-16-24)21-22-28(25-17-9-3-10-18-25)26-19-11-4-12-20-26;2*1-3-5-6-4-2;;;/h2*15-16,21-30H,9-14,17-20H2,1-8H3;1-20H,21-22H2;2*3-6H2,1-2H3;;;/q2*-1;;;;;;. The van der Waals surface area contributed by atoms with Crippen molar-refractivity contribution in [3.8, 4) is 0 Å². The maximum atomic E-state index is 5.72. The molecule has 670 valence electrons. The molecule has 12 rings (SSSR count). The van der Waals surface area contributed by atoms with Crippen LogP contribution >= 0.6 is 15.8 Å². The van der Waals surface area contributed by atoms with Gasteiger partial charge in [-0.05, 0) is 240 Å². The molecule has 0 amide bonds. The van der Waals surface area contributed by atoms with Crippen LogP contribution in [0.3, 0.4) is 0 Å². The average molecular weight is 1990 g/mol. The molecule has 8 aromatic carbocycles. The summed E-state index contributed by atoms with van der Waals surface area (Å²) in [6.07, 6.45) is 39.6. The van der Waals surface area contributed by atoms with E-state index >= 15 is 0 Å². The Morgan fingerprint density at radius 3 is 0.642 bits per heavy atom. The number of aliphatic imine (C=N–C) groups is 2. The van der Waals surface area contributed by atoms with E-state index in [1.165, 1.54) is 258 Å². The smallest absolute Gasteiger partial charge is 0.0191 e. The normalized spacial score (nSPS) is 15.0. The number of guanidine groups is 2. The van der Waals surface area contributed by atoms with Gasteiger partial charge in [-0.1, -0.05) is 461 Å². The molecule has 6 radical (unpaired) electrons. The van der Waals surface area contributed by atoms with Gasteiger partial charge < -0.3 is 30.4 Å². The van der Waals surface area contributed by atoms with Gasteiger partial charge in [-0.2, -0.15) is 0 Å². The quantitative estimate of drug-likeness (QED) is 0.0154. The molecular formula is C112H164Ga2N6P2Pt-2. The Hall–Kier alpha value is -4.88. The molecule has 123 heavy (non-hydrogen) atoms. The summed E-state index contributed by atoms with van der Waals surface area (Å²) in [4.78, 5) is 16.9. The van der Waals surface area contributed by atoms with Crippen LogP contribution in [0.4, 0.5) is 22.7 Å². The third kappa shape index (κ3) is 33.9. The first-order valence-electron chi connectivity index (χ1n) is 48.6. The van der Waals surface area contributed by atoms with Gasteiger partial charge in [0.1, 0.15) is 0 Å². The zero-order valence-corrected chi connectivity index (χ0v) is 89.6. The van der Waals surface area contributed by atoms with Gasteiger partial charge >= 0.3 is 0 Å². The summed E-state index contributed by atoms with van der Waals surface area (Å²) in [6, 6.07) is 73.6. The van der Waals surface area contributed by atoms with Crippen molar-refractivity contribution in [2.75, 3.05) is 12.3 Å². The molecule has 0 aliphatic heterocycles. The fourth-order valence-electron chi connectivity index (χ4n) is 18.4. The molecule has 0 heterocycles. The molecule has 0 spiro atoms. The van der Waals surface area contributed by atoms with Gasteiger partial charge in [0.05, 0.1) is 0 Å². The minimum Gasteiger partial charge on any atom is -0.420 e. The number of hydrogen-bond donors (Lipinski definition) is 0. The van der Waals surface area contributed by atoms with Crippen molar-refractivity contribution >= 4 is 111 Å². The summed E-state index contributed by atoms with van der Waals surface area (Å²) in [6.45, 7) is 45.8. The van der Waals surface area contributed by atoms with Crippen LogP contribution in [0.2, 0.25) is 0 Å². The Morgan fingerprint density at radius 2 is 0.463 bits per heavy atom. The molecule has 0 bridgehead atoms. The first-order chi connectivity index (χ1) is 58.1. The van der Waals surface area contributed by atoms with Crippen LogP contribution in [-0.4, -0.2) is 97.8 Å². The third-order valence-electron chi connectivity index (χ3n) is 25.3. The maximum absolute atomic E-state index is 5.72. The number of rotatable bonds is 29. The summed E-state index contributed by atoms with van der Waals surface area (Å²) in [5.74, 6) is 5.22. The molecule has 4 aliphatic rings. The van der Waals surface area contributed by atoms with Crippen molar-refractivity contribution in [2.45, 2.75) is 390 Å². The SMILES string of the molecule is CC(C)c1cccc(C(C)C)c1N=C([N-]c1c(C(C)C)cccc1C(C)C)N(C1CCCCC1)C1CCCCC1.CC(C)c1cccc(C(C)C)c1N=C([N-]c1c(C(C)C)cccc1C(C)C)N(C1CCCCC1)C1CCCCC1.CCCCCC.CCCCCC.[Ga].[Ga].[Pt].c1ccc(P(CCP(c2ccccc2)c2ccccc2)c2ccccc2)cc1. The summed E-state index contributed by atoms with van der Waals surface area (Å²) < 4.78 is 0. The molecule has 4 saturated carbocycles. The third-order valence-corrected chi connectivity index (χ3v) is 30.7. The second-order valence-corrected chi connectivity index (χ2v) is 42.1. The van der Waals surface area contributed by atoms with E-state index in [-0.39, 0.29) is 76.5 Å². The van der Waals surface area contributed by atoms with Gasteiger partial charge in [0.25, 0.3) is 0 Å². The second-order valence-electron chi connectivity index (χ2n) is 37.5. The second kappa shape index (κ2) is 59.4. The first-order valence-corrected chi connectivity index (χ1v) is 51.6. The van der Waals surface area contributed by atoms with Gasteiger partial charge in [-0.3, -0.25) is 0 Å². The van der Waals surface area contributed by atoms with E-state index in [1.54, 1.807) is 0 Å². The predicted molar refractivity (Wildman–Crippen MR) is 549 cm³/mol. The molecule has 0 atom stereocenters. The largest absolute Gasteiger partial charge is 0.420 e. The molecule has 0 unspecified atom stereocenters. The number of nitrogens with zero attached hydrogens (tertiary/aromatic N) is 6. The zero-order chi connectivity index (χ0) is 86.3. The van der Waals surface area contributed by atoms with E-state index in [2.05, 4.69) is 342 Å². The van der Waals surface area contributed by atoms with E-state index < -0.39 is 0 Å². The van der Waals surface area contributed by atoms with Gasteiger partial charge in [0.2, 0.25) is 0 Å². The predicted octanol–water partition coefficient (Wildman–Crippen LogP) is 33.3. The Labute approximate surface area is 796 Å². The van der Waals surface area contributed by atoms with Crippen molar-refractivity contribution in [2.24, 2.45) is 9.98 Å². The maximum Gasteiger partial charge on any atom is 0.0191 e. The van der Waals surface area contributed by atoms with Crippen LogP contribution in [0.25, 0.3) is 10.6 Å². The van der Waals surface area contributed by atoms with Crippen LogP contribution in [0.5, 0.6) is 0 Å². The van der Waals surface area contributed by atoms with Crippen molar-refractivity contribution in [3.05, 3.63) is 249 Å². The number of unbranched alkanes of at least 4 members (excludes halogenated alkanes) is 6. The summed E-state index contributed by atoms with van der Waals surface area (Å²) in [5, 5.41) is 17.3. The molecule has 4 aliphatic carbocycles. The molecule has 8 aromatic rings. The zero-order valence-electron chi connectivity index (χ0n) is 80.7. The van der Waals surface area contributed by atoms with Gasteiger partial charge in [0.15, 0.2) is 0 Å². The van der Waals surface area contributed by atoms with Crippen LogP contribution < -0.4 is 21.2 Å². The van der Waals surface area contributed by atoms with Crippen LogP contribution in [0.1, 0.15) is 410 Å². The number of para-hydroxylation sites is 4. The molecule has 0 saturated heterocycles. The Balaban J connectivity index is 0.000000306. The van der Waals surface area contributed by atoms with Crippen molar-refractivity contribution in [1.82, 2.24) is 9.80 Å². The minimum absolute atomic E-state index is 0. The molecule has 0 N–H and O–H groups in total.